The second-order valence-electron chi connectivity index (χ2n) is 6.59. The highest BCUT2D eigenvalue weighted by molar-refractivity contribution is 5.93. The first-order valence-electron chi connectivity index (χ1n) is 8.62. The number of hydrogen-bond donors (Lipinski definition) is 1. The summed E-state index contributed by atoms with van der Waals surface area (Å²) in [5.74, 6) is -0.856. The van der Waals surface area contributed by atoms with E-state index in [4.69, 9.17) is 9.15 Å². The van der Waals surface area contributed by atoms with Crippen molar-refractivity contribution in [1.82, 2.24) is 0 Å². The van der Waals surface area contributed by atoms with Crippen LogP contribution in [0.1, 0.15) is 11.1 Å². The molecular formula is C21H22N2O4. The lowest BCUT2D eigenvalue weighted by molar-refractivity contribution is -0.146. The number of carbonyl (C=O) groups excluding carboxylic acids is 2. The van der Waals surface area contributed by atoms with Gasteiger partial charge in [0.1, 0.15) is 5.58 Å². The Labute approximate surface area is 157 Å². The van der Waals surface area contributed by atoms with Crippen LogP contribution >= 0.6 is 0 Å². The third kappa shape index (κ3) is 4.67. The summed E-state index contributed by atoms with van der Waals surface area (Å²) in [6, 6.07) is 13.2. The van der Waals surface area contributed by atoms with Crippen LogP contribution in [0.2, 0.25) is 0 Å². The first-order valence-corrected chi connectivity index (χ1v) is 8.62. The van der Waals surface area contributed by atoms with Gasteiger partial charge in [0.05, 0.1) is 12.7 Å². The van der Waals surface area contributed by atoms with Gasteiger partial charge in [-0.15, -0.1) is 0 Å². The summed E-state index contributed by atoms with van der Waals surface area (Å²) in [6.07, 6.45) is 1.61. The Morgan fingerprint density at radius 3 is 2.56 bits per heavy atom. The van der Waals surface area contributed by atoms with E-state index < -0.39 is 5.97 Å². The summed E-state index contributed by atoms with van der Waals surface area (Å²) < 4.78 is 10.6. The fourth-order valence-corrected chi connectivity index (χ4v) is 2.72. The van der Waals surface area contributed by atoms with Gasteiger partial charge in [0, 0.05) is 36.4 Å². The van der Waals surface area contributed by atoms with Gasteiger partial charge >= 0.3 is 5.97 Å². The fourth-order valence-electron chi connectivity index (χ4n) is 2.72. The van der Waals surface area contributed by atoms with Crippen LogP contribution < -0.4 is 10.2 Å². The molecule has 27 heavy (non-hydrogen) atoms. The number of esters is 1. The van der Waals surface area contributed by atoms with Crippen LogP contribution in [0, 0.1) is 6.92 Å². The number of ether oxygens (including phenoxy) is 1. The number of benzene rings is 2. The average molecular weight is 366 g/mol. The maximum absolute atomic E-state index is 12.0. The molecule has 0 aliphatic rings. The zero-order valence-corrected chi connectivity index (χ0v) is 15.6. The van der Waals surface area contributed by atoms with Crippen LogP contribution in [-0.4, -0.2) is 32.6 Å². The average Bonchev–Trinajstić information content (AvgIpc) is 3.02. The van der Waals surface area contributed by atoms with Crippen LogP contribution in [-0.2, 0) is 20.7 Å². The number of aryl methyl sites for hydroxylation is 1. The summed E-state index contributed by atoms with van der Waals surface area (Å²) in [4.78, 5) is 26.0. The number of nitrogens with zero attached hydrogens (tertiary/aromatic N) is 1. The van der Waals surface area contributed by atoms with Crippen LogP contribution in [0.25, 0.3) is 11.0 Å². The molecule has 1 heterocycles. The topological polar surface area (TPSA) is 71.8 Å². The molecule has 1 N–H and O–H groups in total. The zero-order chi connectivity index (χ0) is 19.4. The quantitative estimate of drug-likeness (QED) is 0.676. The van der Waals surface area contributed by atoms with Gasteiger partial charge in [-0.05, 0) is 42.8 Å². The number of furan rings is 1. The Morgan fingerprint density at radius 1 is 1.11 bits per heavy atom. The molecule has 2 aromatic carbocycles. The molecule has 3 aromatic rings. The molecule has 0 unspecified atom stereocenters. The van der Waals surface area contributed by atoms with E-state index in [9.17, 15) is 9.59 Å². The summed E-state index contributed by atoms with van der Waals surface area (Å²) in [5, 5.41) is 3.58. The normalized spacial score (nSPS) is 10.6. The van der Waals surface area contributed by atoms with Crippen LogP contribution in [0.15, 0.2) is 53.1 Å². The fraction of sp³-hybridized carbons (Fsp3) is 0.238. The van der Waals surface area contributed by atoms with Gasteiger partial charge in [-0.25, -0.2) is 0 Å². The van der Waals surface area contributed by atoms with E-state index in [0.717, 1.165) is 27.8 Å². The molecule has 0 bridgehead atoms. The minimum absolute atomic E-state index is 0.0564. The molecule has 3 rings (SSSR count). The predicted octanol–water partition coefficient (Wildman–Crippen LogP) is 3.53. The monoisotopic (exact) mass is 366 g/mol. The molecule has 6 nitrogen and oxygen atoms in total. The van der Waals surface area contributed by atoms with Gasteiger partial charge in [-0.3, -0.25) is 9.59 Å². The molecule has 1 amide bonds. The largest absolute Gasteiger partial charge is 0.464 e. The first kappa shape index (κ1) is 18.5. The Balaban J connectivity index is 1.51. The minimum Gasteiger partial charge on any atom is -0.464 e. The lowest BCUT2D eigenvalue weighted by atomic mass is 10.1. The number of hydrogen-bond acceptors (Lipinski definition) is 5. The Morgan fingerprint density at radius 2 is 1.85 bits per heavy atom. The van der Waals surface area contributed by atoms with E-state index in [-0.39, 0.29) is 18.9 Å². The van der Waals surface area contributed by atoms with E-state index in [1.807, 2.05) is 56.3 Å². The van der Waals surface area contributed by atoms with Crippen LogP contribution in [0.3, 0.4) is 0 Å². The van der Waals surface area contributed by atoms with Crippen molar-refractivity contribution in [2.45, 2.75) is 13.3 Å². The maximum Gasteiger partial charge on any atom is 0.310 e. The first-order chi connectivity index (χ1) is 12.9. The number of carbonyl (C=O) groups is 2. The van der Waals surface area contributed by atoms with Crippen LogP contribution in [0.4, 0.5) is 11.4 Å². The van der Waals surface area contributed by atoms with Crippen molar-refractivity contribution in [1.29, 1.82) is 0 Å². The standard InChI is InChI=1S/C21H22N2O4/c1-14-4-9-18-15(12-26-19(18)10-14)11-21(25)27-13-20(24)22-16-5-7-17(8-6-16)23(2)3/h4-10,12H,11,13H2,1-3H3,(H,22,24). The lowest BCUT2D eigenvalue weighted by Crippen LogP contribution is -2.21. The number of fused-ring (bicyclic) bond motifs is 1. The third-order valence-corrected chi connectivity index (χ3v) is 4.18. The third-order valence-electron chi connectivity index (χ3n) is 4.18. The van der Waals surface area contributed by atoms with E-state index in [1.54, 1.807) is 18.4 Å². The van der Waals surface area contributed by atoms with Crippen molar-refractivity contribution >= 4 is 34.2 Å². The van der Waals surface area contributed by atoms with Gasteiger partial charge in [-0.1, -0.05) is 12.1 Å². The summed E-state index contributed by atoms with van der Waals surface area (Å²) >= 11 is 0. The molecule has 0 aliphatic heterocycles. The molecule has 0 saturated heterocycles. The zero-order valence-electron chi connectivity index (χ0n) is 15.6. The highest BCUT2D eigenvalue weighted by atomic mass is 16.5. The SMILES string of the molecule is Cc1ccc2c(CC(=O)OCC(=O)Nc3ccc(N(C)C)cc3)coc2c1. The molecule has 140 valence electrons. The molecule has 0 fully saturated rings. The second-order valence-corrected chi connectivity index (χ2v) is 6.59. The van der Waals surface area contributed by atoms with Crippen molar-refractivity contribution in [2.24, 2.45) is 0 Å². The second kappa shape index (κ2) is 7.95. The van der Waals surface area contributed by atoms with Gasteiger partial charge in [0.25, 0.3) is 5.91 Å². The molecule has 1 aromatic heterocycles. The van der Waals surface area contributed by atoms with Gasteiger partial charge in [-0.2, -0.15) is 0 Å². The number of anilines is 2. The molecule has 0 saturated carbocycles. The molecule has 0 radical (unpaired) electrons. The van der Waals surface area contributed by atoms with Crippen molar-refractivity contribution in [2.75, 3.05) is 30.9 Å². The molecule has 0 atom stereocenters. The molecule has 0 aliphatic carbocycles. The number of rotatable bonds is 6. The highest BCUT2D eigenvalue weighted by Gasteiger charge is 2.13. The van der Waals surface area contributed by atoms with E-state index in [0.29, 0.717) is 5.69 Å². The van der Waals surface area contributed by atoms with E-state index in [2.05, 4.69) is 5.32 Å². The number of amides is 1. The smallest absolute Gasteiger partial charge is 0.310 e. The number of nitrogens with one attached hydrogen (secondary N) is 1. The predicted molar refractivity (Wildman–Crippen MR) is 105 cm³/mol. The van der Waals surface area contributed by atoms with Crippen molar-refractivity contribution in [3.05, 3.63) is 59.9 Å². The summed E-state index contributed by atoms with van der Waals surface area (Å²) in [7, 11) is 3.88. The Kier molecular flexibility index (Phi) is 5.45. The van der Waals surface area contributed by atoms with Gasteiger partial charge in [0.2, 0.25) is 0 Å². The van der Waals surface area contributed by atoms with Gasteiger partial charge in [0.15, 0.2) is 6.61 Å². The van der Waals surface area contributed by atoms with Crippen molar-refractivity contribution < 1.29 is 18.7 Å². The summed E-state index contributed by atoms with van der Waals surface area (Å²) in [6.45, 7) is 1.64. The molecule has 0 spiro atoms. The van der Waals surface area contributed by atoms with E-state index >= 15 is 0 Å². The molecular weight excluding hydrogens is 344 g/mol. The highest BCUT2D eigenvalue weighted by Crippen LogP contribution is 2.23. The van der Waals surface area contributed by atoms with Crippen molar-refractivity contribution in [3.8, 4) is 0 Å². The van der Waals surface area contributed by atoms with Crippen LogP contribution in [0.5, 0.6) is 0 Å². The maximum atomic E-state index is 12.0. The van der Waals surface area contributed by atoms with Crippen molar-refractivity contribution in [3.63, 3.8) is 0 Å². The Bertz CT molecular complexity index is 958. The summed E-state index contributed by atoms with van der Waals surface area (Å²) in [5.41, 5.74) is 4.24. The lowest BCUT2D eigenvalue weighted by Gasteiger charge is -2.13. The molecule has 6 heteroatoms. The van der Waals surface area contributed by atoms with Gasteiger partial charge < -0.3 is 19.4 Å². The Hall–Kier alpha value is -3.28. The minimum atomic E-state index is -0.476. The van der Waals surface area contributed by atoms with E-state index in [1.165, 1.54) is 0 Å².